The molecule has 2 N–H and O–H groups in total. The van der Waals surface area contributed by atoms with Crippen LogP contribution in [0.3, 0.4) is 0 Å². The van der Waals surface area contributed by atoms with Gasteiger partial charge in [-0.3, -0.25) is 0 Å². The molecule has 0 aliphatic rings. The van der Waals surface area contributed by atoms with Crippen molar-refractivity contribution in [2.24, 2.45) is 0 Å². The number of hydrogen-bond donors (Lipinski definition) is 2. The Bertz CT molecular complexity index is 261. The molecular formula is C12H17O2. The van der Waals surface area contributed by atoms with Crippen LogP contribution in [0.4, 0.5) is 0 Å². The van der Waals surface area contributed by atoms with Gasteiger partial charge in [0.05, 0.1) is 0 Å². The molecule has 2 nitrogen and oxygen atoms in total. The normalized spacial score (nSPS) is 10.4. The van der Waals surface area contributed by atoms with E-state index in [4.69, 9.17) is 0 Å². The van der Waals surface area contributed by atoms with E-state index in [2.05, 4.69) is 6.92 Å². The van der Waals surface area contributed by atoms with Crippen molar-refractivity contribution in [3.63, 3.8) is 0 Å². The summed E-state index contributed by atoms with van der Waals surface area (Å²) in [5.41, 5.74) is 0.559. The van der Waals surface area contributed by atoms with Crippen molar-refractivity contribution in [3.05, 3.63) is 30.2 Å². The van der Waals surface area contributed by atoms with Crippen molar-refractivity contribution in [3.8, 4) is 11.5 Å². The van der Waals surface area contributed by atoms with Crippen LogP contribution in [0.5, 0.6) is 11.5 Å². The van der Waals surface area contributed by atoms with Gasteiger partial charge in [0.15, 0.2) is 0 Å². The van der Waals surface area contributed by atoms with E-state index in [1.807, 2.05) is 6.42 Å². The summed E-state index contributed by atoms with van der Waals surface area (Å²) in [5, 5.41) is 18.9. The van der Waals surface area contributed by atoms with E-state index in [0.717, 1.165) is 12.8 Å². The zero-order valence-electron chi connectivity index (χ0n) is 8.53. The van der Waals surface area contributed by atoms with Crippen molar-refractivity contribution >= 4 is 0 Å². The summed E-state index contributed by atoms with van der Waals surface area (Å²) < 4.78 is 0. The van der Waals surface area contributed by atoms with Crippen LogP contribution in [0.2, 0.25) is 0 Å². The Morgan fingerprint density at radius 3 is 2.36 bits per heavy atom. The lowest BCUT2D eigenvalue weighted by molar-refractivity contribution is 0.443. The molecule has 1 rings (SSSR count). The molecule has 0 aliphatic heterocycles. The predicted octanol–water partition coefficient (Wildman–Crippen LogP) is 3.23. The van der Waals surface area contributed by atoms with Gasteiger partial charge in [0.25, 0.3) is 0 Å². The second-order valence-corrected chi connectivity index (χ2v) is 3.41. The zero-order chi connectivity index (χ0) is 10.4. The van der Waals surface area contributed by atoms with E-state index in [-0.39, 0.29) is 11.5 Å². The van der Waals surface area contributed by atoms with E-state index in [9.17, 15) is 10.2 Å². The third-order valence-electron chi connectivity index (χ3n) is 2.22. The Morgan fingerprint density at radius 2 is 1.79 bits per heavy atom. The Morgan fingerprint density at radius 1 is 1.14 bits per heavy atom. The molecule has 1 aromatic rings. The highest BCUT2D eigenvalue weighted by Crippen LogP contribution is 2.29. The average Bonchev–Trinajstić information content (AvgIpc) is 2.16. The summed E-state index contributed by atoms with van der Waals surface area (Å²) in [4.78, 5) is 0. The van der Waals surface area contributed by atoms with Crippen LogP contribution in [0.25, 0.3) is 0 Å². The summed E-state index contributed by atoms with van der Waals surface area (Å²) >= 11 is 0. The second-order valence-electron chi connectivity index (χ2n) is 3.41. The maximum Gasteiger partial charge on any atom is 0.122 e. The first-order valence-corrected chi connectivity index (χ1v) is 5.10. The minimum atomic E-state index is 0.154. The molecule has 0 heterocycles. The van der Waals surface area contributed by atoms with Gasteiger partial charge < -0.3 is 10.2 Å². The lowest BCUT2D eigenvalue weighted by Gasteiger charge is -2.05. The Labute approximate surface area is 85.2 Å². The number of aromatic hydroxyl groups is 2. The standard InChI is InChI=1S/C12H17O2/c1-2-3-4-5-7-10-11(13)8-6-9-12(10)14/h6-9,13-14H,2-5H2,1H3. The first kappa shape index (κ1) is 10.9. The zero-order valence-corrected chi connectivity index (χ0v) is 8.53. The largest absolute Gasteiger partial charge is 0.508 e. The summed E-state index contributed by atoms with van der Waals surface area (Å²) in [6.07, 6.45) is 6.26. The number of hydrogen-bond acceptors (Lipinski definition) is 2. The maximum absolute atomic E-state index is 9.46. The molecule has 77 valence electrons. The van der Waals surface area contributed by atoms with Crippen LogP contribution in [-0.4, -0.2) is 10.2 Å². The smallest absolute Gasteiger partial charge is 0.122 e. The number of phenols is 2. The molecule has 0 bridgehead atoms. The van der Waals surface area contributed by atoms with E-state index in [0.29, 0.717) is 5.56 Å². The van der Waals surface area contributed by atoms with Crippen molar-refractivity contribution in [2.75, 3.05) is 0 Å². The fourth-order valence-corrected chi connectivity index (χ4v) is 1.39. The third-order valence-corrected chi connectivity index (χ3v) is 2.22. The summed E-state index contributed by atoms with van der Waals surface area (Å²) in [6.45, 7) is 2.15. The molecular weight excluding hydrogens is 176 g/mol. The quantitative estimate of drug-likeness (QED) is 0.705. The minimum absolute atomic E-state index is 0.154. The molecule has 0 aliphatic carbocycles. The summed E-state index contributed by atoms with van der Waals surface area (Å²) in [5.74, 6) is 0.308. The molecule has 1 aromatic carbocycles. The molecule has 14 heavy (non-hydrogen) atoms. The van der Waals surface area contributed by atoms with Crippen LogP contribution >= 0.6 is 0 Å². The maximum atomic E-state index is 9.46. The van der Waals surface area contributed by atoms with Crippen molar-refractivity contribution in [1.82, 2.24) is 0 Å². The molecule has 0 saturated heterocycles. The fraction of sp³-hybridized carbons (Fsp3) is 0.417. The lowest BCUT2D eigenvalue weighted by atomic mass is 10.0. The van der Waals surface area contributed by atoms with Gasteiger partial charge in [0, 0.05) is 5.56 Å². The lowest BCUT2D eigenvalue weighted by Crippen LogP contribution is -1.85. The molecule has 0 saturated carbocycles. The second kappa shape index (κ2) is 5.53. The van der Waals surface area contributed by atoms with Gasteiger partial charge in [-0.25, -0.2) is 0 Å². The highest BCUT2D eigenvalue weighted by molar-refractivity contribution is 5.47. The van der Waals surface area contributed by atoms with Crippen LogP contribution < -0.4 is 0 Å². The summed E-state index contributed by atoms with van der Waals surface area (Å²) in [7, 11) is 0. The molecule has 0 spiro atoms. The van der Waals surface area contributed by atoms with Gasteiger partial charge in [-0.2, -0.15) is 0 Å². The molecule has 1 radical (unpaired) electrons. The molecule has 2 heteroatoms. The Hall–Kier alpha value is -1.18. The topological polar surface area (TPSA) is 40.5 Å². The van der Waals surface area contributed by atoms with Gasteiger partial charge in [-0.15, -0.1) is 0 Å². The Balaban J connectivity index is 2.49. The Kier molecular flexibility index (Phi) is 4.30. The first-order chi connectivity index (χ1) is 6.75. The van der Waals surface area contributed by atoms with E-state index in [1.54, 1.807) is 18.2 Å². The summed E-state index contributed by atoms with van der Waals surface area (Å²) in [6, 6.07) is 4.81. The van der Waals surface area contributed by atoms with Crippen molar-refractivity contribution in [2.45, 2.75) is 32.6 Å². The van der Waals surface area contributed by atoms with Gasteiger partial charge >= 0.3 is 0 Å². The van der Waals surface area contributed by atoms with Crippen LogP contribution in [0, 0.1) is 6.42 Å². The molecule has 0 fully saturated rings. The minimum Gasteiger partial charge on any atom is -0.508 e. The molecule has 0 amide bonds. The van der Waals surface area contributed by atoms with Gasteiger partial charge in [0.2, 0.25) is 0 Å². The predicted molar refractivity (Wildman–Crippen MR) is 57.3 cm³/mol. The van der Waals surface area contributed by atoms with Crippen LogP contribution in [0.15, 0.2) is 18.2 Å². The molecule has 0 atom stereocenters. The monoisotopic (exact) mass is 193 g/mol. The number of rotatable bonds is 5. The molecule has 0 unspecified atom stereocenters. The number of phenolic OH excluding ortho intramolecular Hbond substituents is 2. The van der Waals surface area contributed by atoms with Gasteiger partial charge in [0.1, 0.15) is 11.5 Å². The van der Waals surface area contributed by atoms with Gasteiger partial charge in [-0.1, -0.05) is 32.3 Å². The highest BCUT2D eigenvalue weighted by atomic mass is 16.3. The highest BCUT2D eigenvalue weighted by Gasteiger charge is 2.05. The number of unbranched alkanes of at least 4 members (excludes halogenated alkanes) is 3. The first-order valence-electron chi connectivity index (χ1n) is 5.10. The van der Waals surface area contributed by atoms with E-state index in [1.165, 1.54) is 12.8 Å². The fourth-order valence-electron chi connectivity index (χ4n) is 1.39. The van der Waals surface area contributed by atoms with E-state index < -0.39 is 0 Å². The third kappa shape index (κ3) is 2.95. The van der Waals surface area contributed by atoms with Crippen molar-refractivity contribution in [1.29, 1.82) is 0 Å². The molecule has 0 aromatic heterocycles. The average molecular weight is 193 g/mol. The van der Waals surface area contributed by atoms with Crippen LogP contribution in [-0.2, 0) is 0 Å². The van der Waals surface area contributed by atoms with E-state index >= 15 is 0 Å². The number of benzene rings is 1. The van der Waals surface area contributed by atoms with Gasteiger partial charge in [-0.05, 0) is 25.0 Å². The van der Waals surface area contributed by atoms with Crippen LogP contribution in [0.1, 0.15) is 38.2 Å². The SMILES string of the molecule is CCCCC[CH]c1c(O)cccc1O. The van der Waals surface area contributed by atoms with Crippen molar-refractivity contribution < 1.29 is 10.2 Å².